The third-order valence-electron chi connectivity index (χ3n) is 5.87. The summed E-state index contributed by atoms with van der Waals surface area (Å²) in [6, 6.07) is 31.4. The van der Waals surface area contributed by atoms with Crippen molar-refractivity contribution in [2.24, 2.45) is 5.10 Å². The second-order valence-corrected chi connectivity index (χ2v) is 7.91. The van der Waals surface area contributed by atoms with Crippen LogP contribution in [-0.4, -0.2) is 30.3 Å². The van der Waals surface area contributed by atoms with E-state index < -0.39 is 0 Å². The minimum absolute atomic E-state index is 0.0910. The molecule has 5 heteroatoms. The van der Waals surface area contributed by atoms with Gasteiger partial charge >= 0.3 is 0 Å². The number of methoxy groups -OCH3 is 1. The topological polar surface area (TPSA) is 51.1 Å². The van der Waals surface area contributed by atoms with E-state index in [1.807, 2.05) is 97.1 Å². The van der Waals surface area contributed by atoms with Crippen LogP contribution in [0, 0.1) is 0 Å². The van der Waals surface area contributed by atoms with Gasteiger partial charge in [0, 0.05) is 11.8 Å². The van der Waals surface area contributed by atoms with Gasteiger partial charge in [-0.1, -0.05) is 78.9 Å². The maximum atomic E-state index is 13.3. The molecule has 0 N–H and O–H groups in total. The Bertz CT molecular complexity index is 1290. The summed E-state index contributed by atoms with van der Waals surface area (Å²) in [5, 5.41) is 8.34. The van der Waals surface area contributed by atoms with Crippen LogP contribution in [0.25, 0.3) is 10.8 Å². The van der Waals surface area contributed by atoms with E-state index in [9.17, 15) is 4.79 Å². The summed E-state index contributed by atoms with van der Waals surface area (Å²) in [4.78, 5) is 13.3. The van der Waals surface area contributed by atoms with Gasteiger partial charge in [0.2, 0.25) is 0 Å². The minimum atomic E-state index is -0.199. The predicted octanol–water partition coefficient (Wildman–Crippen LogP) is 5.61. The third-order valence-corrected chi connectivity index (χ3v) is 5.87. The predicted molar refractivity (Wildman–Crippen MR) is 130 cm³/mol. The number of ether oxygens (including phenoxy) is 2. The molecule has 1 aliphatic heterocycles. The Morgan fingerprint density at radius 1 is 0.909 bits per heavy atom. The highest BCUT2D eigenvalue weighted by Gasteiger charge is 2.33. The van der Waals surface area contributed by atoms with Crippen molar-refractivity contribution in [2.75, 3.05) is 13.7 Å². The Hall–Kier alpha value is -4.12. The molecule has 1 heterocycles. The highest BCUT2D eigenvalue weighted by Crippen LogP contribution is 2.34. The Morgan fingerprint density at radius 2 is 1.64 bits per heavy atom. The van der Waals surface area contributed by atoms with Gasteiger partial charge in [-0.2, -0.15) is 5.10 Å². The molecule has 0 fully saturated rings. The normalized spacial score (nSPS) is 15.4. The molecule has 0 aromatic heterocycles. The molecule has 1 atom stereocenters. The standard InChI is InChI=1S/C28H24N2O3/c1-32-23-16-14-22(15-17-23)26-18-25(21-9-3-2-4-10-21)29-30(26)28(31)19-33-27-13-7-11-20-8-5-6-12-24(20)27/h2-17,26H,18-19H2,1H3. The summed E-state index contributed by atoms with van der Waals surface area (Å²) in [6.45, 7) is -0.0910. The molecule has 0 aliphatic carbocycles. The Kier molecular flexibility index (Phi) is 5.77. The maximum Gasteiger partial charge on any atom is 0.281 e. The van der Waals surface area contributed by atoms with Crippen LogP contribution in [0.1, 0.15) is 23.6 Å². The van der Waals surface area contributed by atoms with Crippen LogP contribution in [0.3, 0.4) is 0 Å². The Balaban J connectivity index is 1.41. The molecular weight excluding hydrogens is 412 g/mol. The van der Waals surface area contributed by atoms with Crippen molar-refractivity contribution in [2.45, 2.75) is 12.5 Å². The van der Waals surface area contributed by atoms with E-state index in [-0.39, 0.29) is 18.6 Å². The molecule has 0 saturated carbocycles. The van der Waals surface area contributed by atoms with E-state index in [1.54, 1.807) is 12.1 Å². The molecule has 4 aromatic carbocycles. The maximum absolute atomic E-state index is 13.3. The first-order chi connectivity index (χ1) is 16.2. The van der Waals surface area contributed by atoms with Crippen molar-refractivity contribution in [1.29, 1.82) is 0 Å². The highest BCUT2D eigenvalue weighted by atomic mass is 16.5. The SMILES string of the molecule is COc1ccc(C2CC(c3ccccc3)=NN2C(=O)COc2cccc3ccccc23)cc1. The van der Waals surface area contributed by atoms with Crippen LogP contribution in [-0.2, 0) is 4.79 Å². The number of carbonyl (C=O) groups excluding carboxylic acids is 1. The summed E-state index contributed by atoms with van der Waals surface area (Å²) in [7, 11) is 1.64. The number of carbonyl (C=O) groups is 1. The van der Waals surface area contributed by atoms with Crippen LogP contribution in [0.2, 0.25) is 0 Å². The summed E-state index contributed by atoms with van der Waals surface area (Å²) in [5.74, 6) is 1.28. The molecule has 4 aromatic rings. The number of benzene rings is 4. The van der Waals surface area contributed by atoms with E-state index in [2.05, 4.69) is 0 Å². The van der Waals surface area contributed by atoms with Gasteiger partial charge < -0.3 is 9.47 Å². The Morgan fingerprint density at radius 3 is 2.42 bits per heavy atom. The van der Waals surface area contributed by atoms with Gasteiger partial charge in [0.05, 0.1) is 18.9 Å². The first-order valence-corrected chi connectivity index (χ1v) is 10.9. The van der Waals surface area contributed by atoms with Crippen molar-refractivity contribution in [3.63, 3.8) is 0 Å². The molecular formula is C28H24N2O3. The molecule has 33 heavy (non-hydrogen) atoms. The molecule has 0 radical (unpaired) electrons. The zero-order valence-electron chi connectivity index (χ0n) is 18.3. The van der Waals surface area contributed by atoms with Crippen molar-refractivity contribution >= 4 is 22.4 Å². The zero-order valence-corrected chi connectivity index (χ0v) is 18.3. The number of hydrogen-bond donors (Lipinski definition) is 0. The largest absolute Gasteiger partial charge is 0.497 e. The fourth-order valence-electron chi connectivity index (χ4n) is 4.16. The van der Waals surface area contributed by atoms with Crippen LogP contribution in [0.15, 0.2) is 102 Å². The molecule has 1 aliphatic rings. The lowest BCUT2D eigenvalue weighted by Crippen LogP contribution is -2.31. The molecule has 1 amide bonds. The molecule has 0 spiro atoms. The molecule has 5 rings (SSSR count). The first-order valence-electron chi connectivity index (χ1n) is 10.9. The van der Waals surface area contributed by atoms with Gasteiger partial charge in [-0.3, -0.25) is 4.79 Å². The van der Waals surface area contributed by atoms with E-state index in [1.165, 1.54) is 0 Å². The van der Waals surface area contributed by atoms with Gasteiger partial charge in [0.15, 0.2) is 6.61 Å². The van der Waals surface area contributed by atoms with E-state index >= 15 is 0 Å². The third kappa shape index (κ3) is 4.30. The second kappa shape index (κ2) is 9.17. The fourth-order valence-corrected chi connectivity index (χ4v) is 4.16. The minimum Gasteiger partial charge on any atom is -0.497 e. The summed E-state index contributed by atoms with van der Waals surface area (Å²) < 4.78 is 11.3. The molecule has 0 bridgehead atoms. The van der Waals surface area contributed by atoms with Gasteiger partial charge in [0.25, 0.3) is 5.91 Å². The van der Waals surface area contributed by atoms with Gasteiger partial charge in [-0.15, -0.1) is 0 Å². The second-order valence-electron chi connectivity index (χ2n) is 7.91. The van der Waals surface area contributed by atoms with Crippen LogP contribution < -0.4 is 9.47 Å². The summed E-state index contributed by atoms with van der Waals surface area (Å²) in [5.41, 5.74) is 2.90. The molecule has 0 saturated heterocycles. The number of rotatable bonds is 6. The smallest absolute Gasteiger partial charge is 0.281 e. The van der Waals surface area contributed by atoms with E-state index in [4.69, 9.17) is 14.6 Å². The molecule has 5 nitrogen and oxygen atoms in total. The van der Waals surface area contributed by atoms with E-state index in [0.29, 0.717) is 12.2 Å². The van der Waals surface area contributed by atoms with Gasteiger partial charge in [0.1, 0.15) is 11.5 Å². The lowest BCUT2D eigenvalue weighted by atomic mass is 9.98. The lowest BCUT2D eigenvalue weighted by Gasteiger charge is -2.22. The Labute approximate surface area is 192 Å². The quantitative estimate of drug-likeness (QED) is 0.395. The number of hydrazone groups is 1. The average Bonchev–Trinajstić information content (AvgIpc) is 3.33. The number of hydrogen-bond acceptors (Lipinski definition) is 4. The van der Waals surface area contributed by atoms with Crippen LogP contribution >= 0.6 is 0 Å². The zero-order chi connectivity index (χ0) is 22.6. The highest BCUT2D eigenvalue weighted by molar-refractivity contribution is 6.03. The monoisotopic (exact) mass is 436 g/mol. The summed E-state index contributed by atoms with van der Waals surface area (Å²) in [6.07, 6.45) is 0.635. The van der Waals surface area contributed by atoms with Crippen molar-refractivity contribution in [3.8, 4) is 11.5 Å². The van der Waals surface area contributed by atoms with Crippen LogP contribution in [0.4, 0.5) is 0 Å². The number of fused-ring (bicyclic) bond motifs is 1. The first kappa shape index (κ1) is 20.8. The summed E-state index contributed by atoms with van der Waals surface area (Å²) >= 11 is 0. The fraction of sp³-hybridized carbons (Fsp3) is 0.143. The van der Waals surface area contributed by atoms with Crippen LogP contribution in [0.5, 0.6) is 11.5 Å². The van der Waals surface area contributed by atoms with Crippen molar-refractivity contribution < 1.29 is 14.3 Å². The number of amides is 1. The van der Waals surface area contributed by atoms with Gasteiger partial charge in [-0.05, 0) is 34.7 Å². The average molecular weight is 437 g/mol. The lowest BCUT2D eigenvalue weighted by molar-refractivity contribution is -0.135. The van der Waals surface area contributed by atoms with E-state index in [0.717, 1.165) is 33.4 Å². The molecule has 1 unspecified atom stereocenters. The number of nitrogens with zero attached hydrogens (tertiary/aromatic N) is 2. The molecule has 164 valence electrons. The van der Waals surface area contributed by atoms with Crippen molar-refractivity contribution in [3.05, 3.63) is 108 Å². The van der Waals surface area contributed by atoms with Crippen molar-refractivity contribution in [1.82, 2.24) is 5.01 Å². The van der Waals surface area contributed by atoms with Gasteiger partial charge in [-0.25, -0.2) is 5.01 Å².